The van der Waals surface area contributed by atoms with Gasteiger partial charge in [-0.1, -0.05) is 0 Å². The van der Waals surface area contributed by atoms with Gasteiger partial charge in [0.05, 0.1) is 20.3 Å². The number of benzene rings is 1. The predicted octanol–water partition coefficient (Wildman–Crippen LogP) is 0.300. The molecule has 1 aliphatic heterocycles. The molecule has 0 amide bonds. The zero-order chi connectivity index (χ0) is 14.8. The van der Waals surface area contributed by atoms with Gasteiger partial charge in [-0.25, -0.2) is 8.42 Å². The maximum absolute atomic E-state index is 11.6. The van der Waals surface area contributed by atoms with Gasteiger partial charge in [-0.05, 0) is 24.3 Å². The first kappa shape index (κ1) is 15.2. The summed E-state index contributed by atoms with van der Waals surface area (Å²) in [7, 11) is -1.78. The summed E-state index contributed by atoms with van der Waals surface area (Å²) in [5.41, 5.74) is 0.583. The molecule has 1 aromatic carbocycles. The number of sulfone groups is 1. The topological polar surface area (TPSA) is 82.1 Å². The number of hydrogen-bond acceptors (Lipinski definition) is 6. The van der Waals surface area contributed by atoms with E-state index in [1.54, 1.807) is 31.4 Å². The van der Waals surface area contributed by atoms with E-state index in [2.05, 4.69) is 0 Å². The second kappa shape index (κ2) is 5.69. The molecule has 2 atom stereocenters. The summed E-state index contributed by atoms with van der Waals surface area (Å²) in [5, 5.41) is 9.15. The molecule has 2 rings (SSSR count). The maximum Gasteiger partial charge on any atom is 0.209 e. The SMILES string of the molecule is COc1ccc(C2(CS(C)(=O)=O)OCC(CO)O2)cc1. The molecule has 7 heteroatoms. The molecule has 0 bridgehead atoms. The van der Waals surface area contributed by atoms with Crippen LogP contribution in [-0.2, 0) is 25.1 Å². The first-order valence-electron chi connectivity index (χ1n) is 6.13. The van der Waals surface area contributed by atoms with Crippen molar-refractivity contribution in [2.75, 3.05) is 32.3 Å². The number of methoxy groups -OCH3 is 1. The van der Waals surface area contributed by atoms with Crippen LogP contribution in [0.5, 0.6) is 5.75 Å². The molecule has 1 heterocycles. The van der Waals surface area contributed by atoms with E-state index in [-0.39, 0.29) is 19.0 Å². The molecule has 1 N–H and O–H groups in total. The van der Waals surface area contributed by atoms with Crippen molar-refractivity contribution in [3.8, 4) is 5.75 Å². The highest BCUT2D eigenvalue weighted by Gasteiger charge is 2.45. The van der Waals surface area contributed by atoms with E-state index in [0.717, 1.165) is 6.26 Å². The predicted molar refractivity (Wildman–Crippen MR) is 72.3 cm³/mol. The van der Waals surface area contributed by atoms with Crippen molar-refractivity contribution in [3.05, 3.63) is 29.8 Å². The lowest BCUT2D eigenvalue weighted by molar-refractivity contribution is -0.162. The van der Waals surface area contributed by atoms with Crippen LogP contribution >= 0.6 is 0 Å². The summed E-state index contributed by atoms with van der Waals surface area (Å²) in [6.45, 7) is -0.0697. The van der Waals surface area contributed by atoms with Crippen molar-refractivity contribution < 1.29 is 27.7 Å². The molecule has 0 spiro atoms. The van der Waals surface area contributed by atoms with Gasteiger partial charge in [-0.3, -0.25) is 0 Å². The molecule has 0 aromatic heterocycles. The van der Waals surface area contributed by atoms with Gasteiger partial charge in [-0.15, -0.1) is 0 Å². The van der Waals surface area contributed by atoms with Crippen LogP contribution in [0.1, 0.15) is 5.56 Å². The van der Waals surface area contributed by atoms with E-state index >= 15 is 0 Å². The Bertz CT molecular complexity index is 553. The third kappa shape index (κ3) is 3.29. The van der Waals surface area contributed by atoms with Crippen LogP contribution in [0.2, 0.25) is 0 Å². The van der Waals surface area contributed by atoms with E-state index in [0.29, 0.717) is 11.3 Å². The van der Waals surface area contributed by atoms with Gasteiger partial charge in [-0.2, -0.15) is 0 Å². The Morgan fingerprint density at radius 2 is 2.05 bits per heavy atom. The van der Waals surface area contributed by atoms with Crippen molar-refractivity contribution in [2.45, 2.75) is 11.9 Å². The fraction of sp³-hybridized carbons (Fsp3) is 0.538. The Labute approximate surface area is 118 Å². The number of rotatable bonds is 5. The molecule has 0 aliphatic carbocycles. The zero-order valence-electron chi connectivity index (χ0n) is 11.4. The van der Waals surface area contributed by atoms with Crippen molar-refractivity contribution in [1.82, 2.24) is 0 Å². The summed E-state index contributed by atoms with van der Waals surface area (Å²) >= 11 is 0. The van der Waals surface area contributed by atoms with Crippen LogP contribution in [0.25, 0.3) is 0 Å². The van der Waals surface area contributed by atoms with Gasteiger partial charge >= 0.3 is 0 Å². The first-order chi connectivity index (χ1) is 9.38. The number of aliphatic hydroxyl groups excluding tert-OH is 1. The fourth-order valence-corrected chi connectivity index (χ4v) is 3.16. The second-order valence-corrected chi connectivity index (χ2v) is 6.93. The molecule has 1 aromatic rings. The van der Waals surface area contributed by atoms with Crippen LogP contribution in [0.4, 0.5) is 0 Å². The Hall–Kier alpha value is -1.15. The molecule has 112 valence electrons. The van der Waals surface area contributed by atoms with Crippen LogP contribution < -0.4 is 4.74 Å². The van der Waals surface area contributed by atoms with Crippen molar-refractivity contribution in [3.63, 3.8) is 0 Å². The molecule has 2 unspecified atom stereocenters. The van der Waals surface area contributed by atoms with Gasteiger partial charge in [0.2, 0.25) is 5.79 Å². The van der Waals surface area contributed by atoms with Crippen LogP contribution in [0.15, 0.2) is 24.3 Å². The van der Waals surface area contributed by atoms with E-state index in [1.165, 1.54) is 0 Å². The lowest BCUT2D eigenvalue weighted by atomic mass is 10.1. The van der Waals surface area contributed by atoms with Crippen molar-refractivity contribution in [1.29, 1.82) is 0 Å². The average molecular weight is 302 g/mol. The average Bonchev–Trinajstić information content (AvgIpc) is 2.81. The standard InChI is InChI=1S/C13H18O6S/c1-17-11-5-3-10(4-6-11)13(9-20(2,15)16)18-8-12(7-14)19-13/h3-6,12,14H,7-9H2,1-2H3. The van der Waals surface area contributed by atoms with Gasteiger partial charge in [0.1, 0.15) is 17.6 Å². The summed E-state index contributed by atoms with van der Waals surface area (Å²) in [4.78, 5) is 0. The number of hydrogen-bond donors (Lipinski definition) is 1. The summed E-state index contributed by atoms with van der Waals surface area (Å²) < 4.78 is 39.6. The van der Waals surface area contributed by atoms with E-state index < -0.39 is 21.7 Å². The normalized spacial score (nSPS) is 26.6. The quantitative estimate of drug-likeness (QED) is 0.842. The van der Waals surface area contributed by atoms with E-state index in [1.807, 2.05) is 0 Å². The van der Waals surface area contributed by atoms with Crippen molar-refractivity contribution in [2.24, 2.45) is 0 Å². The molecular weight excluding hydrogens is 284 g/mol. The molecule has 20 heavy (non-hydrogen) atoms. The minimum absolute atomic E-state index is 0.151. The van der Waals surface area contributed by atoms with Crippen LogP contribution in [-0.4, -0.2) is 52.0 Å². The maximum atomic E-state index is 11.6. The first-order valence-corrected chi connectivity index (χ1v) is 8.19. The minimum Gasteiger partial charge on any atom is -0.497 e. The lowest BCUT2D eigenvalue weighted by Gasteiger charge is -2.27. The van der Waals surface area contributed by atoms with Gasteiger partial charge in [0.15, 0.2) is 9.84 Å². The monoisotopic (exact) mass is 302 g/mol. The highest BCUT2D eigenvalue weighted by Crippen LogP contribution is 2.36. The van der Waals surface area contributed by atoms with Crippen LogP contribution in [0.3, 0.4) is 0 Å². The molecular formula is C13H18O6S. The minimum atomic E-state index is -3.32. The summed E-state index contributed by atoms with van der Waals surface area (Å²) in [5.74, 6) is -1.02. The molecule has 0 radical (unpaired) electrons. The highest BCUT2D eigenvalue weighted by molar-refractivity contribution is 7.90. The second-order valence-electron chi connectivity index (χ2n) is 4.78. The Kier molecular flexibility index (Phi) is 4.33. The fourth-order valence-electron chi connectivity index (χ4n) is 2.16. The van der Waals surface area contributed by atoms with Gasteiger partial charge in [0.25, 0.3) is 0 Å². The van der Waals surface area contributed by atoms with Crippen molar-refractivity contribution >= 4 is 9.84 Å². The third-order valence-electron chi connectivity index (χ3n) is 3.05. The lowest BCUT2D eigenvalue weighted by Crippen LogP contribution is -2.36. The Morgan fingerprint density at radius 3 is 2.50 bits per heavy atom. The molecule has 1 saturated heterocycles. The zero-order valence-corrected chi connectivity index (χ0v) is 12.2. The third-order valence-corrected chi connectivity index (χ3v) is 3.95. The smallest absolute Gasteiger partial charge is 0.209 e. The Balaban J connectivity index is 2.35. The van der Waals surface area contributed by atoms with E-state index in [4.69, 9.17) is 19.3 Å². The Morgan fingerprint density at radius 1 is 1.40 bits per heavy atom. The largest absolute Gasteiger partial charge is 0.497 e. The summed E-state index contributed by atoms with van der Waals surface area (Å²) in [6.07, 6.45) is 0.593. The molecule has 6 nitrogen and oxygen atoms in total. The molecule has 1 aliphatic rings. The molecule has 1 fully saturated rings. The van der Waals surface area contributed by atoms with E-state index in [9.17, 15) is 8.42 Å². The van der Waals surface area contributed by atoms with Gasteiger partial charge < -0.3 is 19.3 Å². The molecule has 0 saturated carbocycles. The van der Waals surface area contributed by atoms with Crippen LogP contribution in [0, 0.1) is 0 Å². The number of aliphatic hydroxyl groups is 1. The number of ether oxygens (including phenoxy) is 3. The summed E-state index contributed by atoms with van der Waals surface area (Å²) in [6, 6.07) is 6.81. The van der Waals surface area contributed by atoms with Gasteiger partial charge in [0, 0.05) is 11.8 Å². The highest BCUT2D eigenvalue weighted by atomic mass is 32.2.